The lowest BCUT2D eigenvalue weighted by Crippen LogP contribution is -2.41. The first kappa shape index (κ1) is 12.1. The third-order valence-corrected chi connectivity index (χ3v) is 4.80. The number of aliphatic hydroxyl groups excluding tert-OH is 1. The Morgan fingerprint density at radius 1 is 1.54 bits per heavy atom. The maximum absolute atomic E-state index is 8.79. The first-order chi connectivity index (χ1) is 6.29. The summed E-state index contributed by atoms with van der Waals surface area (Å²) in [6.07, 6.45) is 4.00. The lowest BCUT2D eigenvalue weighted by Gasteiger charge is -2.38. The van der Waals surface area contributed by atoms with E-state index in [1.807, 2.05) is 11.9 Å². The van der Waals surface area contributed by atoms with Crippen molar-refractivity contribution in [2.45, 2.75) is 38.3 Å². The van der Waals surface area contributed by atoms with Crippen molar-refractivity contribution < 1.29 is 5.11 Å². The summed E-state index contributed by atoms with van der Waals surface area (Å²) in [5, 5.41) is 8.79. The smallest absolute Gasteiger partial charge is 0.0534 e. The van der Waals surface area contributed by atoms with Crippen molar-refractivity contribution in [1.82, 2.24) is 4.31 Å². The summed E-state index contributed by atoms with van der Waals surface area (Å²) in [4.78, 5) is 0. The second-order valence-corrected chi connectivity index (χ2v) is 5.47. The van der Waals surface area contributed by atoms with Gasteiger partial charge in [-0.3, -0.25) is 0 Å². The van der Waals surface area contributed by atoms with Crippen LogP contribution in [0.5, 0.6) is 0 Å². The molecule has 0 aromatic carbocycles. The molecule has 0 aromatic heterocycles. The summed E-state index contributed by atoms with van der Waals surface area (Å²) >= 11 is 4.28. The largest absolute Gasteiger partial charge is 0.395 e. The van der Waals surface area contributed by atoms with Crippen molar-refractivity contribution >= 4 is 34.5 Å². The van der Waals surface area contributed by atoms with Crippen molar-refractivity contribution in [3.63, 3.8) is 0 Å². The van der Waals surface area contributed by atoms with Gasteiger partial charge in [0.1, 0.15) is 0 Å². The van der Waals surface area contributed by atoms with E-state index in [-0.39, 0.29) is 0 Å². The number of aliphatic hydroxyl groups is 1. The van der Waals surface area contributed by atoms with Gasteiger partial charge in [-0.1, -0.05) is 41.0 Å². The van der Waals surface area contributed by atoms with E-state index in [4.69, 9.17) is 5.11 Å². The van der Waals surface area contributed by atoms with Crippen molar-refractivity contribution in [2.24, 2.45) is 0 Å². The van der Waals surface area contributed by atoms with Crippen LogP contribution < -0.4 is 0 Å². The van der Waals surface area contributed by atoms with Gasteiger partial charge in [-0.05, 0) is 19.8 Å². The van der Waals surface area contributed by atoms with Crippen LogP contribution in [0.3, 0.4) is 0 Å². The van der Waals surface area contributed by atoms with Crippen LogP contribution in [0.15, 0.2) is 0 Å². The third-order valence-electron chi connectivity index (χ3n) is 2.46. The Morgan fingerprint density at radius 3 is 2.92 bits per heavy atom. The average molecular weight is 315 g/mol. The Balaban J connectivity index is 2.41. The lowest BCUT2D eigenvalue weighted by molar-refractivity contribution is 0.227. The van der Waals surface area contributed by atoms with Gasteiger partial charge >= 0.3 is 0 Å². The van der Waals surface area contributed by atoms with Gasteiger partial charge < -0.3 is 5.11 Å². The fraction of sp³-hybridized carbons (Fsp3) is 1.00. The molecule has 4 heteroatoms. The number of nitrogens with zero attached hydrogens (tertiary/aromatic N) is 1. The van der Waals surface area contributed by atoms with Gasteiger partial charge in [-0.25, -0.2) is 4.31 Å². The lowest BCUT2D eigenvalue weighted by atomic mass is 10.0. The predicted molar refractivity (Wildman–Crippen MR) is 67.4 cm³/mol. The van der Waals surface area contributed by atoms with Crippen LogP contribution in [-0.2, 0) is 0 Å². The first-order valence-corrected chi connectivity index (χ1v) is 7.34. The van der Waals surface area contributed by atoms with Gasteiger partial charge in [-0.2, -0.15) is 0 Å². The average Bonchev–Trinajstić information content (AvgIpc) is 2.15. The molecule has 1 aliphatic heterocycles. The highest BCUT2D eigenvalue weighted by Crippen LogP contribution is 2.30. The molecule has 0 saturated carbocycles. The normalized spacial score (nSPS) is 30.7. The van der Waals surface area contributed by atoms with Crippen LogP contribution in [-0.4, -0.2) is 38.3 Å². The highest BCUT2D eigenvalue weighted by Gasteiger charge is 2.26. The summed E-state index contributed by atoms with van der Waals surface area (Å²) in [6, 6.07) is 1.41. The number of hydrogen-bond acceptors (Lipinski definition) is 3. The number of piperidine rings is 1. The van der Waals surface area contributed by atoms with Gasteiger partial charge in [-0.15, -0.1) is 0 Å². The summed E-state index contributed by atoms with van der Waals surface area (Å²) < 4.78 is 3.70. The van der Waals surface area contributed by atoms with Crippen LogP contribution in [0.25, 0.3) is 0 Å². The first-order valence-electron chi connectivity index (χ1n) is 4.87. The van der Waals surface area contributed by atoms with Crippen LogP contribution in [0.1, 0.15) is 26.2 Å². The third kappa shape index (κ3) is 3.57. The Labute approximate surface area is 98.7 Å². The molecular weight excluding hydrogens is 297 g/mol. The van der Waals surface area contributed by atoms with Gasteiger partial charge in [0.2, 0.25) is 0 Å². The van der Waals surface area contributed by atoms with E-state index < -0.39 is 0 Å². The topological polar surface area (TPSA) is 23.5 Å². The molecule has 0 bridgehead atoms. The number of hydrogen-bond donors (Lipinski definition) is 1. The zero-order valence-electron chi connectivity index (χ0n) is 8.08. The van der Waals surface area contributed by atoms with Crippen LogP contribution in [0.4, 0.5) is 0 Å². The highest BCUT2D eigenvalue weighted by molar-refractivity contribution is 14.1. The molecule has 0 amide bonds. The quantitative estimate of drug-likeness (QED) is 0.489. The van der Waals surface area contributed by atoms with E-state index in [1.165, 1.54) is 23.7 Å². The Morgan fingerprint density at radius 2 is 2.31 bits per heavy atom. The molecule has 0 spiro atoms. The minimum absolute atomic E-state index is 0.294. The SMILES string of the molecule is C[C@@H]1CCC[C@H](CI)N1SCCO. The van der Waals surface area contributed by atoms with Gasteiger partial charge in [0.05, 0.1) is 6.61 Å². The summed E-state index contributed by atoms with van der Waals surface area (Å²) in [7, 11) is 0. The summed E-state index contributed by atoms with van der Waals surface area (Å²) in [5.41, 5.74) is 0. The molecule has 0 aromatic rings. The Kier molecular flexibility index (Phi) is 6.01. The fourth-order valence-corrected chi connectivity index (χ4v) is 3.96. The zero-order valence-corrected chi connectivity index (χ0v) is 11.1. The number of alkyl halides is 1. The van der Waals surface area contributed by atoms with Crippen LogP contribution in [0.2, 0.25) is 0 Å². The minimum atomic E-state index is 0.294. The molecule has 1 saturated heterocycles. The molecule has 1 heterocycles. The van der Waals surface area contributed by atoms with Crippen molar-refractivity contribution in [2.75, 3.05) is 16.8 Å². The van der Waals surface area contributed by atoms with E-state index in [0.29, 0.717) is 12.6 Å². The van der Waals surface area contributed by atoms with Crippen LogP contribution in [0, 0.1) is 0 Å². The number of halogens is 1. The van der Waals surface area contributed by atoms with Crippen molar-refractivity contribution in [1.29, 1.82) is 0 Å². The monoisotopic (exact) mass is 315 g/mol. The predicted octanol–water partition coefficient (Wildman–Crippen LogP) is 2.30. The molecule has 0 unspecified atom stereocenters. The Bertz CT molecular complexity index is 148. The number of rotatable bonds is 4. The molecule has 78 valence electrons. The maximum atomic E-state index is 8.79. The molecule has 2 nitrogen and oxygen atoms in total. The van der Waals surface area contributed by atoms with Crippen molar-refractivity contribution in [3.8, 4) is 0 Å². The van der Waals surface area contributed by atoms with Crippen LogP contribution >= 0.6 is 34.5 Å². The van der Waals surface area contributed by atoms with Gasteiger partial charge in [0, 0.05) is 22.3 Å². The van der Waals surface area contributed by atoms with Crippen molar-refractivity contribution in [3.05, 3.63) is 0 Å². The molecular formula is C9H18INOS. The van der Waals surface area contributed by atoms with E-state index in [2.05, 4.69) is 33.8 Å². The Hall–Kier alpha value is 1.00. The molecule has 0 aliphatic carbocycles. The van der Waals surface area contributed by atoms with E-state index >= 15 is 0 Å². The minimum Gasteiger partial charge on any atom is -0.395 e. The van der Waals surface area contributed by atoms with Gasteiger partial charge in [0.25, 0.3) is 0 Å². The maximum Gasteiger partial charge on any atom is 0.0534 e. The van der Waals surface area contributed by atoms with E-state index in [1.54, 1.807) is 0 Å². The highest BCUT2D eigenvalue weighted by atomic mass is 127. The van der Waals surface area contributed by atoms with Gasteiger partial charge in [0.15, 0.2) is 0 Å². The second-order valence-electron chi connectivity index (χ2n) is 3.50. The zero-order chi connectivity index (χ0) is 9.68. The second kappa shape index (κ2) is 6.48. The molecule has 0 radical (unpaired) electrons. The summed E-state index contributed by atoms with van der Waals surface area (Å²) in [6.45, 7) is 2.59. The fourth-order valence-electron chi connectivity index (χ4n) is 1.79. The molecule has 1 N–H and O–H groups in total. The molecule has 1 rings (SSSR count). The molecule has 1 fully saturated rings. The molecule has 13 heavy (non-hydrogen) atoms. The molecule has 2 atom stereocenters. The summed E-state index contributed by atoms with van der Waals surface area (Å²) in [5.74, 6) is 0.845. The standard InChI is InChI=1S/C9H18INOS/c1-8-3-2-4-9(7-10)11(8)13-6-5-12/h8-9,12H,2-7H2,1H3/t8-,9-/m1/s1. The van der Waals surface area contributed by atoms with E-state index in [9.17, 15) is 0 Å². The molecule has 1 aliphatic rings. The van der Waals surface area contributed by atoms with E-state index in [0.717, 1.165) is 11.8 Å².